The number of hydrogen-bond acceptors (Lipinski definition) is 4. The number of ether oxygens (including phenoxy) is 1. The van der Waals surface area contributed by atoms with Crippen molar-refractivity contribution in [2.45, 2.75) is 18.9 Å². The summed E-state index contributed by atoms with van der Waals surface area (Å²) in [6.45, 7) is 0.514. The van der Waals surface area contributed by atoms with E-state index >= 15 is 0 Å². The van der Waals surface area contributed by atoms with Crippen molar-refractivity contribution in [2.24, 2.45) is 0 Å². The van der Waals surface area contributed by atoms with E-state index in [1.165, 1.54) is 7.11 Å². The van der Waals surface area contributed by atoms with Crippen LogP contribution in [0.1, 0.15) is 23.2 Å². The van der Waals surface area contributed by atoms with Crippen molar-refractivity contribution < 1.29 is 14.3 Å². The van der Waals surface area contributed by atoms with Gasteiger partial charge < -0.3 is 20.7 Å². The monoisotopic (exact) mass is 277 g/mol. The van der Waals surface area contributed by atoms with Gasteiger partial charge in [-0.25, -0.2) is 0 Å². The molecule has 1 heterocycles. The van der Waals surface area contributed by atoms with Gasteiger partial charge in [-0.15, -0.1) is 0 Å². The number of likely N-dealkylation sites (tertiary alicyclic amines) is 1. The number of anilines is 1. The van der Waals surface area contributed by atoms with E-state index in [0.29, 0.717) is 36.4 Å². The first kappa shape index (κ1) is 14.2. The molecule has 1 aliphatic rings. The zero-order chi connectivity index (χ0) is 14.7. The van der Waals surface area contributed by atoms with Crippen molar-refractivity contribution in [1.82, 2.24) is 10.2 Å². The summed E-state index contributed by atoms with van der Waals surface area (Å²) in [7, 11) is 3.23. The normalized spacial score (nSPS) is 18.8. The second-order valence-corrected chi connectivity index (χ2v) is 4.91. The average molecular weight is 277 g/mol. The highest BCUT2D eigenvalue weighted by molar-refractivity contribution is 6.02. The van der Waals surface area contributed by atoms with Crippen LogP contribution in [0, 0.1) is 0 Å². The van der Waals surface area contributed by atoms with Crippen molar-refractivity contribution >= 4 is 17.5 Å². The van der Waals surface area contributed by atoms with Gasteiger partial charge in [0.2, 0.25) is 5.91 Å². The molecular weight excluding hydrogens is 258 g/mol. The Bertz CT molecular complexity index is 530. The number of likely N-dealkylation sites (N-methyl/N-ethyl adjacent to an activating group) is 1. The first-order valence-electron chi connectivity index (χ1n) is 6.50. The molecule has 1 aromatic rings. The molecule has 3 N–H and O–H groups in total. The van der Waals surface area contributed by atoms with E-state index in [1.54, 1.807) is 30.1 Å². The van der Waals surface area contributed by atoms with Crippen LogP contribution in [0.5, 0.6) is 5.75 Å². The number of methoxy groups -OCH3 is 1. The molecule has 2 amide bonds. The fourth-order valence-electron chi connectivity index (χ4n) is 2.35. The van der Waals surface area contributed by atoms with Crippen LogP contribution >= 0.6 is 0 Å². The van der Waals surface area contributed by atoms with Crippen LogP contribution in [0.2, 0.25) is 0 Å². The number of amides is 2. The highest BCUT2D eigenvalue weighted by Crippen LogP contribution is 2.24. The minimum Gasteiger partial charge on any atom is -0.496 e. The number of piperidine rings is 1. The number of benzene rings is 1. The van der Waals surface area contributed by atoms with Crippen LogP contribution in [-0.2, 0) is 4.79 Å². The minimum atomic E-state index is -0.271. The molecule has 6 heteroatoms. The van der Waals surface area contributed by atoms with Crippen LogP contribution in [0.25, 0.3) is 0 Å². The Kier molecular flexibility index (Phi) is 4.12. The number of nitrogens with zero attached hydrogens (tertiary/aromatic N) is 1. The van der Waals surface area contributed by atoms with Crippen molar-refractivity contribution in [2.75, 3.05) is 26.4 Å². The van der Waals surface area contributed by atoms with Crippen LogP contribution in [0.3, 0.4) is 0 Å². The lowest BCUT2D eigenvalue weighted by molar-refractivity contribution is -0.132. The summed E-state index contributed by atoms with van der Waals surface area (Å²) in [5.74, 6) is 0.280. The van der Waals surface area contributed by atoms with Crippen molar-refractivity contribution in [3.63, 3.8) is 0 Å². The predicted octanol–water partition coefficient (Wildman–Crippen LogP) is 0.628. The molecule has 0 saturated carbocycles. The maximum Gasteiger partial charge on any atom is 0.257 e. The summed E-state index contributed by atoms with van der Waals surface area (Å²) in [6.07, 6.45) is 1.09. The van der Waals surface area contributed by atoms with Gasteiger partial charge >= 0.3 is 0 Å². The van der Waals surface area contributed by atoms with Crippen molar-refractivity contribution in [1.29, 1.82) is 0 Å². The van der Waals surface area contributed by atoms with Crippen LogP contribution in [-0.4, -0.2) is 43.5 Å². The Morgan fingerprint density at radius 3 is 2.90 bits per heavy atom. The third-order valence-corrected chi connectivity index (χ3v) is 3.47. The summed E-state index contributed by atoms with van der Waals surface area (Å²) >= 11 is 0. The Labute approximate surface area is 117 Å². The number of rotatable bonds is 3. The Morgan fingerprint density at radius 2 is 2.25 bits per heavy atom. The molecule has 20 heavy (non-hydrogen) atoms. The molecule has 0 radical (unpaired) electrons. The smallest absolute Gasteiger partial charge is 0.257 e. The summed E-state index contributed by atoms with van der Waals surface area (Å²) in [5, 5.41) is 2.91. The molecule has 1 atom stereocenters. The highest BCUT2D eigenvalue weighted by Gasteiger charge is 2.25. The van der Waals surface area contributed by atoms with E-state index in [2.05, 4.69) is 5.32 Å². The van der Waals surface area contributed by atoms with Gasteiger partial charge in [0, 0.05) is 31.7 Å². The molecule has 0 bridgehead atoms. The molecule has 1 aromatic carbocycles. The maximum atomic E-state index is 12.3. The lowest BCUT2D eigenvalue weighted by Crippen LogP contribution is -2.48. The molecule has 1 fully saturated rings. The molecule has 1 aliphatic heterocycles. The van der Waals surface area contributed by atoms with Gasteiger partial charge in [0.15, 0.2) is 0 Å². The zero-order valence-corrected chi connectivity index (χ0v) is 11.7. The van der Waals surface area contributed by atoms with E-state index < -0.39 is 0 Å². The number of nitrogens with one attached hydrogen (secondary N) is 1. The topological polar surface area (TPSA) is 84.7 Å². The molecule has 0 spiro atoms. The van der Waals surface area contributed by atoms with Gasteiger partial charge in [-0.2, -0.15) is 0 Å². The molecular formula is C14H19N3O3. The Morgan fingerprint density at radius 1 is 1.50 bits per heavy atom. The molecule has 108 valence electrons. The second-order valence-electron chi connectivity index (χ2n) is 4.91. The number of carbonyl (C=O) groups is 2. The first-order valence-corrected chi connectivity index (χ1v) is 6.50. The standard InChI is InChI=1S/C14H19N3O3/c1-17-8-9(6-7-12(17)18)16-14(19)13-10(15)4-3-5-11(13)20-2/h3-5,9H,6-8,15H2,1-2H3,(H,16,19). The summed E-state index contributed by atoms with van der Waals surface area (Å²) in [4.78, 5) is 25.4. The predicted molar refractivity (Wildman–Crippen MR) is 75.5 cm³/mol. The zero-order valence-electron chi connectivity index (χ0n) is 11.7. The van der Waals surface area contributed by atoms with Crippen molar-refractivity contribution in [3.05, 3.63) is 23.8 Å². The fraction of sp³-hybridized carbons (Fsp3) is 0.429. The maximum absolute atomic E-state index is 12.3. The van der Waals surface area contributed by atoms with Crippen LogP contribution < -0.4 is 15.8 Å². The van der Waals surface area contributed by atoms with Crippen molar-refractivity contribution in [3.8, 4) is 5.75 Å². The van der Waals surface area contributed by atoms with E-state index in [-0.39, 0.29) is 17.9 Å². The van der Waals surface area contributed by atoms with Gasteiger partial charge in [-0.3, -0.25) is 9.59 Å². The first-order chi connectivity index (χ1) is 9.52. The minimum absolute atomic E-state index is 0.0606. The third-order valence-electron chi connectivity index (χ3n) is 3.47. The Balaban J connectivity index is 2.11. The van der Waals surface area contributed by atoms with E-state index in [9.17, 15) is 9.59 Å². The fourth-order valence-corrected chi connectivity index (χ4v) is 2.35. The number of nitrogens with two attached hydrogens (primary N) is 1. The van der Waals surface area contributed by atoms with Gasteiger partial charge in [0.1, 0.15) is 11.3 Å². The quantitative estimate of drug-likeness (QED) is 0.794. The van der Waals surface area contributed by atoms with E-state index in [1.807, 2.05) is 0 Å². The third kappa shape index (κ3) is 2.84. The SMILES string of the molecule is COc1cccc(N)c1C(=O)NC1CCC(=O)N(C)C1. The van der Waals surface area contributed by atoms with Gasteiger partial charge in [0.25, 0.3) is 5.91 Å². The largest absolute Gasteiger partial charge is 0.496 e. The van der Waals surface area contributed by atoms with Crippen LogP contribution in [0.4, 0.5) is 5.69 Å². The molecule has 0 aliphatic carbocycles. The summed E-state index contributed by atoms with van der Waals surface area (Å²) in [5.41, 5.74) is 6.57. The Hall–Kier alpha value is -2.24. The lowest BCUT2D eigenvalue weighted by atomic mass is 10.0. The molecule has 1 saturated heterocycles. The number of nitrogen functional groups attached to an aromatic ring is 1. The van der Waals surface area contributed by atoms with Gasteiger partial charge in [0.05, 0.1) is 7.11 Å². The van der Waals surface area contributed by atoms with Crippen LogP contribution in [0.15, 0.2) is 18.2 Å². The van der Waals surface area contributed by atoms with E-state index in [0.717, 1.165) is 0 Å². The average Bonchev–Trinajstić information content (AvgIpc) is 2.42. The molecule has 0 aromatic heterocycles. The summed E-state index contributed by atoms with van der Waals surface area (Å²) in [6, 6.07) is 5.03. The molecule has 6 nitrogen and oxygen atoms in total. The number of hydrogen-bond donors (Lipinski definition) is 2. The number of carbonyl (C=O) groups excluding carboxylic acids is 2. The highest BCUT2D eigenvalue weighted by atomic mass is 16.5. The lowest BCUT2D eigenvalue weighted by Gasteiger charge is -2.30. The molecule has 1 unspecified atom stereocenters. The van der Waals surface area contributed by atoms with E-state index in [4.69, 9.17) is 10.5 Å². The second kappa shape index (κ2) is 5.81. The van der Waals surface area contributed by atoms with Gasteiger partial charge in [-0.05, 0) is 18.6 Å². The summed E-state index contributed by atoms with van der Waals surface area (Å²) < 4.78 is 5.17. The van der Waals surface area contributed by atoms with Gasteiger partial charge in [-0.1, -0.05) is 6.07 Å². The molecule has 2 rings (SSSR count).